The van der Waals surface area contributed by atoms with Crippen molar-refractivity contribution in [1.82, 2.24) is 20.0 Å². The van der Waals surface area contributed by atoms with Crippen molar-refractivity contribution < 1.29 is 4.79 Å². The molecule has 0 aliphatic carbocycles. The van der Waals surface area contributed by atoms with Crippen LogP contribution < -0.4 is 5.32 Å². The van der Waals surface area contributed by atoms with E-state index < -0.39 is 0 Å². The lowest BCUT2D eigenvalue weighted by molar-refractivity contribution is -0.130. The highest BCUT2D eigenvalue weighted by Gasteiger charge is 2.17. The third-order valence-corrected chi connectivity index (χ3v) is 4.23. The maximum absolute atomic E-state index is 11.2. The van der Waals surface area contributed by atoms with Crippen molar-refractivity contribution >= 4 is 5.91 Å². The highest BCUT2D eigenvalue weighted by molar-refractivity contribution is 5.73. The van der Waals surface area contributed by atoms with E-state index in [2.05, 4.69) is 15.1 Å². The molecule has 2 heterocycles. The van der Waals surface area contributed by atoms with E-state index in [1.807, 2.05) is 4.90 Å². The van der Waals surface area contributed by atoms with Crippen molar-refractivity contribution in [3.8, 4) is 0 Å². The predicted octanol–water partition coefficient (Wildman–Crippen LogP) is -0.164. The molecular weight excluding hydrogens is 240 g/mol. The van der Waals surface area contributed by atoms with Gasteiger partial charge in [-0.05, 0) is 25.9 Å². The van der Waals surface area contributed by atoms with Crippen molar-refractivity contribution in [1.29, 1.82) is 0 Å². The highest BCUT2D eigenvalue weighted by atomic mass is 16.2. The molecule has 2 fully saturated rings. The molecule has 0 aromatic rings. The lowest BCUT2D eigenvalue weighted by Crippen LogP contribution is -2.48. The summed E-state index contributed by atoms with van der Waals surface area (Å²) in [5.74, 6) is 0.221. The fourth-order valence-electron chi connectivity index (χ4n) is 2.89. The second kappa shape index (κ2) is 7.82. The number of hydrogen-bond donors (Lipinski definition) is 1. The predicted molar refractivity (Wildman–Crippen MR) is 77.2 cm³/mol. The van der Waals surface area contributed by atoms with E-state index in [1.165, 1.54) is 39.0 Å². The van der Waals surface area contributed by atoms with E-state index in [0.29, 0.717) is 0 Å². The van der Waals surface area contributed by atoms with Gasteiger partial charge in [-0.3, -0.25) is 9.69 Å². The third-order valence-electron chi connectivity index (χ3n) is 4.23. The van der Waals surface area contributed by atoms with E-state index in [9.17, 15) is 4.79 Å². The zero-order chi connectivity index (χ0) is 13.5. The molecule has 0 atom stereocenters. The van der Waals surface area contributed by atoms with E-state index >= 15 is 0 Å². The van der Waals surface area contributed by atoms with Gasteiger partial charge < -0.3 is 15.1 Å². The Balaban J connectivity index is 1.51. The Kier molecular flexibility index (Phi) is 6.07. The fraction of sp³-hybridized carbons (Fsp3) is 0.929. The van der Waals surface area contributed by atoms with Gasteiger partial charge in [0.05, 0.1) is 0 Å². The van der Waals surface area contributed by atoms with E-state index in [1.54, 1.807) is 6.92 Å². The van der Waals surface area contributed by atoms with Crippen LogP contribution in [-0.4, -0.2) is 86.1 Å². The first-order valence-corrected chi connectivity index (χ1v) is 7.66. The molecule has 5 nitrogen and oxygen atoms in total. The Morgan fingerprint density at radius 2 is 1.42 bits per heavy atom. The zero-order valence-corrected chi connectivity index (χ0v) is 12.2. The largest absolute Gasteiger partial charge is 0.340 e. The lowest BCUT2D eigenvalue weighted by atomic mass is 10.2. The average Bonchev–Trinajstić information content (AvgIpc) is 2.45. The van der Waals surface area contributed by atoms with Gasteiger partial charge in [0.2, 0.25) is 5.91 Å². The Hall–Kier alpha value is -0.650. The molecule has 0 saturated carbocycles. The smallest absolute Gasteiger partial charge is 0.219 e. The molecule has 0 aromatic heterocycles. The molecule has 0 bridgehead atoms. The first-order chi connectivity index (χ1) is 9.25. The molecule has 2 aliphatic rings. The van der Waals surface area contributed by atoms with E-state index in [4.69, 9.17) is 0 Å². The first-order valence-electron chi connectivity index (χ1n) is 7.66. The van der Waals surface area contributed by atoms with Gasteiger partial charge in [0.1, 0.15) is 0 Å². The number of hydrogen-bond acceptors (Lipinski definition) is 4. The second-order valence-electron chi connectivity index (χ2n) is 5.65. The Bertz CT molecular complexity index is 271. The first kappa shape index (κ1) is 14.8. The summed E-state index contributed by atoms with van der Waals surface area (Å²) < 4.78 is 0. The number of carbonyl (C=O) groups excluding carboxylic acids is 1. The quantitative estimate of drug-likeness (QED) is 0.703. The summed E-state index contributed by atoms with van der Waals surface area (Å²) in [6.07, 6.45) is 2.58. The summed E-state index contributed by atoms with van der Waals surface area (Å²) in [7, 11) is 0. The Morgan fingerprint density at radius 3 is 1.95 bits per heavy atom. The maximum Gasteiger partial charge on any atom is 0.219 e. The Labute approximate surface area is 116 Å². The van der Waals surface area contributed by atoms with Gasteiger partial charge in [-0.2, -0.15) is 0 Å². The third kappa shape index (κ3) is 5.09. The number of rotatable bonds is 5. The maximum atomic E-state index is 11.2. The van der Waals surface area contributed by atoms with Crippen molar-refractivity contribution in [3.05, 3.63) is 0 Å². The van der Waals surface area contributed by atoms with Gasteiger partial charge in [-0.25, -0.2) is 0 Å². The molecule has 110 valence electrons. The molecule has 19 heavy (non-hydrogen) atoms. The minimum Gasteiger partial charge on any atom is -0.340 e. The van der Waals surface area contributed by atoms with Crippen molar-refractivity contribution in [2.45, 2.75) is 19.8 Å². The van der Waals surface area contributed by atoms with Crippen LogP contribution >= 0.6 is 0 Å². The van der Waals surface area contributed by atoms with Gasteiger partial charge in [0.15, 0.2) is 0 Å². The SMILES string of the molecule is CC(=O)N1CCN(CCCCN2CCNCC2)CC1. The van der Waals surface area contributed by atoms with Crippen LogP contribution in [0.25, 0.3) is 0 Å². The molecule has 0 radical (unpaired) electrons. The second-order valence-corrected chi connectivity index (χ2v) is 5.65. The van der Waals surface area contributed by atoms with Crippen LogP contribution in [0.4, 0.5) is 0 Å². The Morgan fingerprint density at radius 1 is 0.895 bits per heavy atom. The fourth-order valence-corrected chi connectivity index (χ4v) is 2.89. The summed E-state index contributed by atoms with van der Waals surface area (Å²) in [6, 6.07) is 0. The minimum atomic E-state index is 0.221. The minimum absolute atomic E-state index is 0.221. The molecule has 0 aromatic carbocycles. The highest BCUT2D eigenvalue weighted by Crippen LogP contribution is 2.05. The van der Waals surface area contributed by atoms with Gasteiger partial charge in [-0.1, -0.05) is 0 Å². The molecule has 2 rings (SSSR count). The van der Waals surface area contributed by atoms with Gasteiger partial charge in [0, 0.05) is 59.3 Å². The van der Waals surface area contributed by atoms with Crippen LogP contribution in [0.2, 0.25) is 0 Å². The van der Waals surface area contributed by atoms with Crippen LogP contribution in [-0.2, 0) is 4.79 Å². The van der Waals surface area contributed by atoms with Crippen molar-refractivity contribution in [2.75, 3.05) is 65.4 Å². The number of unbranched alkanes of at least 4 members (excludes halogenated alkanes) is 1. The molecule has 1 amide bonds. The normalized spacial score (nSPS) is 22.7. The van der Waals surface area contributed by atoms with Crippen molar-refractivity contribution in [3.63, 3.8) is 0 Å². The van der Waals surface area contributed by atoms with Crippen LogP contribution in [0.1, 0.15) is 19.8 Å². The van der Waals surface area contributed by atoms with E-state index in [-0.39, 0.29) is 5.91 Å². The molecule has 2 saturated heterocycles. The lowest BCUT2D eigenvalue weighted by Gasteiger charge is -2.34. The molecule has 5 heteroatoms. The van der Waals surface area contributed by atoms with Crippen LogP contribution in [0.3, 0.4) is 0 Å². The molecule has 0 spiro atoms. The number of nitrogens with one attached hydrogen (secondary N) is 1. The van der Waals surface area contributed by atoms with Gasteiger partial charge in [-0.15, -0.1) is 0 Å². The molecule has 0 unspecified atom stereocenters. The topological polar surface area (TPSA) is 38.8 Å². The van der Waals surface area contributed by atoms with Crippen molar-refractivity contribution in [2.24, 2.45) is 0 Å². The molecule has 2 aliphatic heterocycles. The summed E-state index contributed by atoms with van der Waals surface area (Å²) in [5, 5.41) is 3.39. The van der Waals surface area contributed by atoms with Crippen LogP contribution in [0.5, 0.6) is 0 Å². The summed E-state index contributed by atoms with van der Waals surface area (Å²) >= 11 is 0. The van der Waals surface area contributed by atoms with Gasteiger partial charge in [0.25, 0.3) is 0 Å². The zero-order valence-electron chi connectivity index (χ0n) is 12.2. The summed E-state index contributed by atoms with van der Waals surface area (Å²) in [4.78, 5) is 18.3. The van der Waals surface area contributed by atoms with E-state index in [0.717, 1.165) is 39.3 Å². The van der Waals surface area contributed by atoms with Gasteiger partial charge >= 0.3 is 0 Å². The molecular formula is C14H28N4O. The van der Waals surface area contributed by atoms with Crippen LogP contribution in [0.15, 0.2) is 0 Å². The number of piperazine rings is 2. The molecule has 1 N–H and O–H groups in total. The number of carbonyl (C=O) groups is 1. The average molecular weight is 268 g/mol. The summed E-state index contributed by atoms with van der Waals surface area (Å²) in [5.41, 5.74) is 0. The summed E-state index contributed by atoms with van der Waals surface area (Å²) in [6.45, 7) is 12.7. The number of amides is 1. The standard InChI is InChI=1S/C14H28N4O/c1-14(19)18-12-10-17(11-13-18)7-3-2-6-16-8-4-15-5-9-16/h15H,2-13H2,1H3. The van der Waals surface area contributed by atoms with Crippen LogP contribution in [0, 0.1) is 0 Å². The monoisotopic (exact) mass is 268 g/mol. The number of nitrogens with zero attached hydrogens (tertiary/aromatic N) is 3.